The Bertz CT molecular complexity index is 510. The Balaban J connectivity index is 2.13. The number of hydrogen-bond donors (Lipinski definition) is 0. The van der Waals surface area contributed by atoms with E-state index in [1.807, 2.05) is 25.2 Å². The second-order valence-corrected chi connectivity index (χ2v) is 5.61. The smallest absolute Gasteiger partial charge is 0.411 e. The molecule has 1 aliphatic rings. The number of nitrogens with zero attached hydrogens (tertiary/aromatic N) is 2. The predicted octanol–water partition coefficient (Wildman–Crippen LogP) is 1.87. The van der Waals surface area contributed by atoms with Gasteiger partial charge in [0.05, 0.1) is 0 Å². The van der Waals surface area contributed by atoms with Gasteiger partial charge in [0.2, 0.25) is 0 Å². The monoisotopic (exact) mass is 290 g/mol. The van der Waals surface area contributed by atoms with Crippen LogP contribution < -0.4 is 0 Å². The SMILES string of the molecule is CC(=O)C(C)(OC(=O)N1CCN(C)CC1)c1ccccc1. The summed E-state index contributed by atoms with van der Waals surface area (Å²) in [6, 6.07) is 9.14. The Kier molecular flexibility index (Phi) is 4.63. The third kappa shape index (κ3) is 3.42. The number of ketones is 1. The van der Waals surface area contributed by atoms with E-state index in [0.29, 0.717) is 18.7 Å². The molecular weight excluding hydrogens is 268 g/mol. The summed E-state index contributed by atoms with van der Waals surface area (Å²) in [5.41, 5.74) is -0.540. The first kappa shape index (κ1) is 15.5. The number of Topliss-reactive ketones (excluding diaryl/α,β-unsaturated/α-hetero) is 1. The van der Waals surface area contributed by atoms with Gasteiger partial charge in [-0.1, -0.05) is 30.3 Å². The Labute approximate surface area is 125 Å². The normalized spacial score (nSPS) is 18.9. The number of piperazine rings is 1. The summed E-state index contributed by atoms with van der Waals surface area (Å²) in [6.45, 7) is 5.98. The van der Waals surface area contributed by atoms with Crippen LogP contribution in [0.2, 0.25) is 0 Å². The number of amides is 1. The van der Waals surface area contributed by atoms with Crippen molar-refractivity contribution in [2.24, 2.45) is 0 Å². The van der Waals surface area contributed by atoms with Crippen molar-refractivity contribution < 1.29 is 14.3 Å². The van der Waals surface area contributed by atoms with Crippen molar-refractivity contribution in [1.82, 2.24) is 9.80 Å². The molecule has 2 rings (SSSR count). The highest BCUT2D eigenvalue weighted by Crippen LogP contribution is 2.27. The average Bonchev–Trinajstić information content (AvgIpc) is 2.48. The first-order valence-electron chi connectivity index (χ1n) is 7.16. The van der Waals surface area contributed by atoms with Crippen LogP contribution in [0.3, 0.4) is 0 Å². The van der Waals surface area contributed by atoms with Crippen molar-refractivity contribution in [2.75, 3.05) is 33.2 Å². The molecule has 5 heteroatoms. The summed E-state index contributed by atoms with van der Waals surface area (Å²) < 4.78 is 5.58. The molecule has 1 aromatic rings. The van der Waals surface area contributed by atoms with Crippen LogP contribution >= 0.6 is 0 Å². The fourth-order valence-electron chi connectivity index (χ4n) is 2.32. The maximum Gasteiger partial charge on any atom is 0.411 e. The van der Waals surface area contributed by atoms with E-state index in [1.54, 1.807) is 24.0 Å². The molecule has 0 aromatic heterocycles. The number of carbonyl (C=O) groups is 2. The van der Waals surface area contributed by atoms with Gasteiger partial charge in [-0.15, -0.1) is 0 Å². The van der Waals surface area contributed by atoms with Gasteiger partial charge in [0.15, 0.2) is 11.4 Å². The van der Waals surface area contributed by atoms with Crippen LogP contribution in [-0.4, -0.2) is 54.9 Å². The highest BCUT2D eigenvalue weighted by Gasteiger charge is 2.38. The zero-order valence-electron chi connectivity index (χ0n) is 12.8. The summed E-state index contributed by atoms with van der Waals surface area (Å²) in [7, 11) is 2.02. The number of rotatable bonds is 3. The van der Waals surface area contributed by atoms with Crippen molar-refractivity contribution >= 4 is 11.9 Å². The standard InChI is InChI=1S/C16H22N2O3/c1-13(19)16(2,14-7-5-4-6-8-14)21-15(20)18-11-9-17(3)10-12-18/h4-8H,9-12H2,1-3H3. The van der Waals surface area contributed by atoms with Crippen LogP contribution in [0, 0.1) is 0 Å². The average molecular weight is 290 g/mol. The Morgan fingerprint density at radius 1 is 1.10 bits per heavy atom. The molecule has 0 bridgehead atoms. The molecular formula is C16H22N2O3. The summed E-state index contributed by atoms with van der Waals surface area (Å²) in [5, 5.41) is 0. The number of hydrogen-bond acceptors (Lipinski definition) is 4. The molecule has 114 valence electrons. The molecule has 1 atom stereocenters. The van der Waals surface area contributed by atoms with Gasteiger partial charge in [0, 0.05) is 31.7 Å². The van der Waals surface area contributed by atoms with E-state index in [-0.39, 0.29) is 5.78 Å². The molecule has 1 aromatic carbocycles. The second-order valence-electron chi connectivity index (χ2n) is 5.61. The van der Waals surface area contributed by atoms with E-state index >= 15 is 0 Å². The van der Waals surface area contributed by atoms with Crippen LogP contribution in [0.25, 0.3) is 0 Å². The van der Waals surface area contributed by atoms with E-state index < -0.39 is 11.7 Å². The van der Waals surface area contributed by atoms with Gasteiger partial charge in [0.1, 0.15) is 0 Å². The Morgan fingerprint density at radius 3 is 2.19 bits per heavy atom. The fourth-order valence-corrected chi connectivity index (χ4v) is 2.32. The lowest BCUT2D eigenvalue weighted by Gasteiger charge is -2.35. The maximum absolute atomic E-state index is 12.3. The molecule has 0 N–H and O–H groups in total. The third-order valence-electron chi connectivity index (χ3n) is 4.05. The molecule has 1 amide bonds. The lowest BCUT2D eigenvalue weighted by Crippen LogP contribution is -2.49. The molecule has 1 heterocycles. The molecule has 1 fully saturated rings. The predicted molar refractivity (Wildman–Crippen MR) is 80.0 cm³/mol. The van der Waals surface area contributed by atoms with Crippen molar-refractivity contribution in [3.8, 4) is 0 Å². The minimum atomic E-state index is -1.23. The van der Waals surface area contributed by atoms with Crippen LogP contribution in [0.1, 0.15) is 19.4 Å². The molecule has 0 spiro atoms. The Morgan fingerprint density at radius 2 is 1.67 bits per heavy atom. The largest absolute Gasteiger partial charge is 0.430 e. The Hall–Kier alpha value is -1.88. The summed E-state index contributed by atoms with van der Waals surface area (Å²) in [5.74, 6) is -0.184. The van der Waals surface area contributed by atoms with E-state index in [1.165, 1.54) is 6.92 Å². The number of carbonyl (C=O) groups excluding carboxylic acids is 2. The molecule has 21 heavy (non-hydrogen) atoms. The van der Waals surface area contributed by atoms with Gasteiger partial charge < -0.3 is 14.5 Å². The zero-order valence-corrected chi connectivity index (χ0v) is 12.8. The zero-order chi connectivity index (χ0) is 15.5. The van der Waals surface area contributed by atoms with Gasteiger partial charge in [-0.05, 0) is 20.9 Å². The van der Waals surface area contributed by atoms with Gasteiger partial charge >= 0.3 is 6.09 Å². The van der Waals surface area contributed by atoms with E-state index in [0.717, 1.165) is 13.1 Å². The van der Waals surface area contributed by atoms with Gasteiger partial charge in [0.25, 0.3) is 0 Å². The van der Waals surface area contributed by atoms with Crippen LogP contribution in [-0.2, 0) is 15.1 Å². The van der Waals surface area contributed by atoms with Crippen molar-refractivity contribution in [3.05, 3.63) is 35.9 Å². The lowest BCUT2D eigenvalue weighted by atomic mass is 9.92. The van der Waals surface area contributed by atoms with Gasteiger partial charge in [-0.2, -0.15) is 0 Å². The fraction of sp³-hybridized carbons (Fsp3) is 0.500. The van der Waals surface area contributed by atoms with Gasteiger partial charge in [-0.3, -0.25) is 4.79 Å². The highest BCUT2D eigenvalue weighted by atomic mass is 16.6. The quantitative estimate of drug-likeness (QED) is 0.853. The number of ether oxygens (including phenoxy) is 1. The summed E-state index contributed by atoms with van der Waals surface area (Å²) in [6.07, 6.45) is -0.426. The topological polar surface area (TPSA) is 49.9 Å². The van der Waals surface area contributed by atoms with E-state index in [2.05, 4.69) is 4.90 Å². The van der Waals surface area contributed by atoms with Crippen molar-refractivity contribution in [1.29, 1.82) is 0 Å². The minimum absolute atomic E-state index is 0.184. The second kappa shape index (κ2) is 6.26. The maximum atomic E-state index is 12.3. The van der Waals surface area contributed by atoms with E-state index in [9.17, 15) is 9.59 Å². The first-order chi connectivity index (χ1) is 9.93. The highest BCUT2D eigenvalue weighted by molar-refractivity contribution is 5.88. The molecule has 0 saturated carbocycles. The summed E-state index contributed by atoms with van der Waals surface area (Å²) in [4.78, 5) is 28.2. The summed E-state index contributed by atoms with van der Waals surface area (Å²) >= 11 is 0. The lowest BCUT2D eigenvalue weighted by molar-refractivity contribution is -0.135. The molecule has 1 saturated heterocycles. The molecule has 1 aliphatic heterocycles. The molecule has 5 nitrogen and oxygen atoms in total. The molecule has 0 aliphatic carbocycles. The van der Waals surface area contributed by atoms with Crippen LogP contribution in [0.4, 0.5) is 4.79 Å². The number of likely N-dealkylation sites (N-methyl/N-ethyl adjacent to an activating group) is 1. The molecule has 1 unspecified atom stereocenters. The van der Waals surface area contributed by atoms with Gasteiger partial charge in [-0.25, -0.2) is 4.79 Å². The van der Waals surface area contributed by atoms with Crippen LogP contribution in [0.15, 0.2) is 30.3 Å². The van der Waals surface area contributed by atoms with Crippen molar-refractivity contribution in [2.45, 2.75) is 19.4 Å². The molecule has 0 radical (unpaired) electrons. The number of benzene rings is 1. The third-order valence-corrected chi connectivity index (χ3v) is 4.05. The first-order valence-corrected chi connectivity index (χ1v) is 7.16. The van der Waals surface area contributed by atoms with Crippen LogP contribution in [0.5, 0.6) is 0 Å². The minimum Gasteiger partial charge on any atom is -0.430 e. The van der Waals surface area contributed by atoms with E-state index in [4.69, 9.17) is 4.74 Å². The van der Waals surface area contributed by atoms with Crippen molar-refractivity contribution in [3.63, 3.8) is 0 Å².